The molecule has 0 spiro atoms. The van der Waals surface area contributed by atoms with Crippen molar-refractivity contribution in [3.63, 3.8) is 0 Å². The second-order valence-corrected chi connectivity index (χ2v) is 7.63. The van der Waals surface area contributed by atoms with Gasteiger partial charge in [0.05, 0.1) is 0 Å². The van der Waals surface area contributed by atoms with Crippen LogP contribution in [0.5, 0.6) is 0 Å². The molecule has 1 aromatic heterocycles. The zero-order valence-electron chi connectivity index (χ0n) is 15.5. The van der Waals surface area contributed by atoms with Crippen molar-refractivity contribution < 1.29 is 20.4 Å². The molecule has 0 N–H and O–H groups in total. The molecule has 0 saturated heterocycles. The maximum atomic E-state index is 3.63. The van der Waals surface area contributed by atoms with Crippen LogP contribution < -0.4 is 0 Å². The fraction of sp³-hybridized carbons (Fsp3) is 0.304. The van der Waals surface area contributed by atoms with Crippen molar-refractivity contribution in [1.29, 1.82) is 0 Å². The monoisotopic (exact) mass is 503 g/mol. The standard InChI is InChI=1S/C23H26N.Re/c1-18-17-21(19-11-7-5-8-12-19)22(20-13-9-6-10-14-20)24(18)16-15-23(2,3)4;/h5-14H,15-16H2,1-4H3;/q-1;. The van der Waals surface area contributed by atoms with E-state index in [0.717, 1.165) is 13.0 Å². The van der Waals surface area contributed by atoms with Crippen LogP contribution in [-0.4, -0.2) is 4.57 Å². The average molecular weight is 503 g/mol. The molecule has 1 radical (unpaired) electrons. The van der Waals surface area contributed by atoms with E-state index in [1.807, 2.05) is 0 Å². The van der Waals surface area contributed by atoms with Gasteiger partial charge in [0.2, 0.25) is 0 Å². The molecule has 25 heavy (non-hydrogen) atoms. The second kappa shape index (κ2) is 8.17. The van der Waals surface area contributed by atoms with Crippen molar-refractivity contribution in [3.05, 3.63) is 72.4 Å². The summed E-state index contributed by atoms with van der Waals surface area (Å²) in [5.41, 5.74) is 6.50. The molecule has 0 amide bonds. The van der Waals surface area contributed by atoms with E-state index < -0.39 is 0 Å². The molecule has 1 nitrogen and oxygen atoms in total. The molecule has 0 fully saturated rings. The third-order valence-electron chi connectivity index (χ3n) is 4.41. The normalized spacial score (nSPS) is 11.2. The molecule has 0 unspecified atom stereocenters. The first kappa shape index (κ1) is 19.7. The first-order chi connectivity index (χ1) is 11.5. The number of hydrogen-bond acceptors (Lipinski definition) is 0. The molecule has 131 valence electrons. The van der Waals surface area contributed by atoms with E-state index in [0.29, 0.717) is 5.41 Å². The van der Waals surface area contributed by atoms with Crippen LogP contribution in [0.25, 0.3) is 22.4 Å². The van der Waals surface area contributed by atoms with Gasteiger partial charge in [0.25, 0.3) is 0 Å². The molecular formula is C23H26NRe-. The molecule has 0 bridgehead atoms. The van der Waals surface area contributed by atoms with Gasteiger partial charge in [-0.15, -0.1) is 17.7 Å². The van der Waals surface area contributed by atoms with Crippen LogP contribution in [0, 0.1) is 18.4 Å². The Labute approximate surface area is 165 Å². The van der Waals surface area contributed by atoms with Gasteiger partial charge >= 0.3 is 0 Å². The smallest absolute Gasteiger partial charge is 0.00997 e. The van der Waals surface area contributed by atoms with E-state index in [2.05, 4.69) is 99.0 Å². The van der Waals surface area contributed by atoms with Gasteiger partial charge in [-0.25, -0.2) is 0 Å². The summed E-state index contributed by atoms with van der Waals surface area (Å²) in [6, 6.07) is 24.9. The molecule has 0 aliphatic heterocycles. The summed E-state index contributed by atoms with van der Waals surface area (Å²) in [4.78, 5) is 0. The van der Waals surface area contributed by atoms with Gasteiger partial charge < -0.3 is 4.57 Å². The van der Waals surface area contributed by atoms with Gasteiger partial charge in [-0.2, -0.15) is 11.6 Å². The Morgan fingerprint density at radius 3 is 1.88 bits per heavy atom. The summed E-state index contributed by atoms with van der Waals surface area (Å²) >= 11 is 0. The van der Waals surface area contributed by atoms with Crippen molar-refractivity contribution in [3.8, 4) is 22.4 Å². The number of nitrogens with zero attached hydrogens (tertiary/aromatic N) is 1. The summed E-state index contributed by atoms with van der Waals surface area (Å²) in [6.45, 7) is 10.1. The second-order valence-electron chi connectivity index (χ2n) is 7.63. The number of aryl methyl sites for hydroxylation is 1. The molecule has 1 heterocycles. The van der Waals surface area contributed by atoms with Gasteiger partial charge in [0.1, 0.15) is 0 Å². The minimum atomic E-state index is 0. The van der Waals surface area contributed by atoms with Crippen LogP contribution in [0.1, 0.15) is 32.9 Å². The van der Waals surface area contributed by atoms with Crippen molar-refractivity contribution in [2.45, 2.75) is 40.7 Å². The van der Waals surface area contributed by atoms with Crippen LogP contribution in [0.3, 0.4) is 0 Å². The largest absolute Gasteiger partial charge is 0.408 e. The third-order valence-corrected chi connectivity index (χ3v) is 4.41. The van der Waals surface area contributed by atoms with Gasteiger partial charge in [0.15, 0.2) is 0 Å². The van der Waals surface area contributed by atoms with Gasteiger partial charge in [0, 0.05) is 27.0 Å². The zero-order valence-corrected chi connectivity index (χ0v) is 18.2. The van der Waals surface area contributed by atoms with Crippen LogP contribution in [0.4, 0.5) is 0 Å². The van der Waals surface area contributed by atoms with Crippen LogP contribution in [0.15, 0.2) is 60.7 Å². The Bertz CT molecular complexity index is 795. The molecule has 0 aliphatic rings. The Morgan fingerprint density at radius 1 is 0.840 bits per heavy atom. The number of rotatable bonds is 4. The molecule has 2 aromatic carbocycles. The molecule has 0 saturated carbocycles. The Kier molecular flexibility index (Phi) is 6.44. The van der Waals surface area contributed by atoms with Crippen molar-refractivity contribution in [2.24, 2.45) is 5.41 Å². The fourth-order valence-corrected chi connectivity index (χ4v) is 3.05. The molecule has 3 aromatic rings. The summed E-state index contributed by atoms with van der Waals surface area (Å²) in [5.74, 6) is 0. The molecule has 2 heteroatoms. The maximum Gasteiger partial charge on any atom is 0.00997 e. The van der Waals surface area contributed by atoms with E-state index in [-0.39, 0.29) is 20.4 Å². The molecular weight excluding hydrogens is 476 g/mol. The minimum Gasteiger partial charge on any atom is -0.408 e. The number of benzene rings is 2. The average Bonchev–Trinajstić information content (AvgIpc) is 2.90. The van der Waals surface area contributed by atoms with Crippen molar-refractivity contribution in [1.82, 2.24) is 4.57 Å². The van der Waals surface area contributed by atoms with E-state index in [1.165, 1.54) is 28.1 Å². The van der Waals surface area contributed by atoms with Crippen LogP contribution in [-0.2, 0) is 27.0 Å². The van der Waals surface area contributed by atoms with E-state index in [1.54, 1.807) is 0 Å². The number of hydrogen-bond donors (Lipinski definition) is 0. The summed E-state index contributed by atoms with van der Waals surface area (Å²) < 4.78 is 2.43. The summed E-state index contributed by atoms with van der Waals surface area (Å²) in [7, 11) is 0. The maximum absolute atomic E-state index is 3.63. The first-order valence-corrected chi connectivity index (χ1v) is 8.69. The molecule has 0 aliphatic carbocycles. The van der Waals surface area contributed by atoms with E-state index in [9.17, 15) is 0 Å². The first-order valence-electron chi connectivity index (χ1n) is 8.69. The van der Waals surface area contributed by atoms with Gasteiger partial charge in [-0.3, -0.25) is 0 Å². The quantitative estimate of drug-likeness (QED) is 0.366. The van der Waals surface area contributed by atoms with Crippen LogP contribution in [0.2, 0.25) is 0 Å². The van der Waals surface area contributed by atoms with Gasteiger partial charge in [-0.05, 0) is 18.8 Å². The topological polar surface area (TPSA) is 4.93 Å². The molecule has 3 rings (SSSR count). The van der Waals surface area contributed by atoms with Crippen LogP contribution >= 0.6 is 0 Å². The van der Waals surface area contributed by atoms with Gasteiger partial charge in [-0.1, -0.05) is 86.3 Å². The van der Waals surface area contributed by atoms with E-state index in [4.69, 9.17) is 0 Å². The number of aromatic nitrogens is 1. The Hall–Kier alpha value is -1.62. The minimum absolute atomic E-state index is 0. The predicted octanol–water partition coefficient (Wildman–Crippen LogP) is 6.36. The Balaban J connectivity index is 0.00000225. The van der Waals surface area contributed by atoms with E-state index >= 15 is 0 Å². The van der Waals surface area contributed by atoms with Crippen molar-refractivity contribution in [2.75, 3.05) is 0 Å². The summed E-state index contributed by atoms with van der Waals surface area (Å²) in [6.07, 6.45) is 1.14. The third kappa shape index (κ3) is 4.72. The SMILES string of the molecule is Cc1[c-]c(-c2ccccc2)c(-c2ccccc2)n1CCC(C)(C)C.[Re]. The fourth-order valence-electron chi connectivity index (χ4n) is 3.05. The zero-order chi connectivity index (χ0) is 17.2. The van der Waals surface area contributed by atoms with Crippen molar-refractivity contribution >= 4 is 0 Å². The molecule has 0 atom stereocenters. The predicted molar refractivity (Wildman–Crippen MR) is 103 cm³/mol. The Morgan fingerprint density at radius 2 is 1.36 bits per heavy atom. The summed E-state index contributed by atoms with van der Waals surface area (Å²) in [5, 5.41) is 0.